The van der Waals surface area contributed by atoms with Crippen LogP contribution in [-0.4, -0.2) is 53.1 Å². The third kappa shape index (κ3) is 3.68. The van der Waals surface area contributed by atoms with Gasteiger partial charge in [-0.25, -0.2) is 4.79 Å². The van der Waals surface area contributed by atoms with Gasteiger partial charge in [0.05, 0.1) is 23.9 Å². The Morgan fingerprint density at radius 1 is 1.00 bits per heavy atom. The summed E-state index contributed by atoms with van der Waals surface area (Å²) in [7, 11) is 0. The molecule has 2 aliphatic heterocycles. The third-order valence-corrected chi connectivity index (χ3v) is 16.4. The van der Waals surface area contributed by atoms with Crippen LogP contribution in [0, 0.1) is 45.8 Å². The maximum atomic E-state index is 14.2. The minimum Gasteiger partial charge on any atom is -0.448 e. The highest BCUT2D eigenvalue weighted by atomic mass is 16.6. The number of fused-ring (bicyclic) bond motifs is 9. The highest BCUT2D eigenvalue weighted by molar-refractivity contribution is 5.79. The lowest BCUT2D eigenvalue weighted by atomic mass is 9.56. The quantitative estimate of drug-likeness (QED) is 0.331. The Morgan fingerprint density at radius 3 is 2.48 bits per heavy atom. The molecular weight excluding hydrogens is 594 g/mol. The second-order valence-corrected chi connectivity index (χ2v) is 18.2. The summed E-state index contributed by atoms with van der Waals surface area (Å²) in [5.41, 5.74) is 7.16. The summed E-state index contributed by atoms with van der Waals surface area (Å²) in [5.74, 6) is 2.99. The molecule has 2 heterocycles. The first-order valence-corrected chi connectivity index (χ1v) is 19.3. The molecule has 10 rings (SSSR count). The molecule has 5 nitrogen and oxygen atoms in total. The van der Waals surface area contributed by atoms with E-state index in [2.05, 4.69) is 87.2 Å². The van der Waals surface area contributed by atoms with Crippen LogP contribution in [0.25, 0.3) is 11.1 Å². The van der Waals surface area contributed by atoms with E-state index >= 15 is 0 Å². The van der Waals surface area contributed by atoms with Crippen molar-refractivity contribution >= 4 is 6.09 Å². The van der Waals surface area contributed by atoms with Crippen molar-refractivity contribution in [1.29, 1.82) is 0 Å². The number of aliphatic hydroxyl groups is 1. The van der Waals surface area contributed by atoms with Gasteiger partial charge in [-0.2, -0.15) is 0 Å². The van der Waals surface area contributed by atoms with Gasteiger partial charge in [-0.15, -0.1) is 0 Å². The van der Waals surface area contributed by atoms with Crippen molar-refractivity contribution in [2.75, 3.05) is 13.2 Å². The predicted molar refractivity (Wildman–Crippen MR) is 186 cm³/mol. The zero-order valence-electron chi connectivity index (χ0n) is 29.3. The molecule has 254 valence electrons. The molecule has 0 radical (unpaired) electrons. The molecule has 2 aromatic rings. The van der Waals surface area contributed by atoms with Gasteiger partial charge in [-0.3, -0.25) is 0 Å². The summed E-state index contributed by atoms with van der Waals surface area (Å²) in [5, 5.41) is 10.5. The van der Waals surface area contributed by atoms with E-state index in [0.717, 1.165) is 56.4 Å². The summed E-state index contributed by atoms with van der Waals surface area (Å²) in [6, 6.07) is 17.2. The molecule has 12 atom stereocenters. The molecule has 0 bridgehead atoms. The van der Waals surface area contributed by atoms with Crippen LogP contribution in [0.1, 0.15) is 103 Å². The average Bonchev–Trinajstić information content (AvgIpc) is 3.28. The number of likely N-dealkylation sites (tertiary alicyclic amines) is 1. The van der Waals surface area contributed by atoms with Gasteiger partial charge in [-0.05, 0) is 115 Å². The Hall–Kier alpha value is -2.63. The molecular formula is C43H53NO4. The molecule has 2 aromatic carbocycles. The number of piperidine rings is 1. The standard InChI is InChI=1S/C43H53NO4/c1-25-19-37-38(44(22-25)39(46)47-23-34-31-11-7-5-9-29(31)30-10-6-8-12-32(30)34)26(2)43(48-37)18-16-35-33-14-13-27-20-28(45)15-17-40(27,3)36(33)21-42(35)24-41(42,43)4/h5-13,25-26,28,33-38,45H,14-24H2,1-4H3/t25-,26+,28-,33-,35-,36-,37+,38+,40-,41?,42?,43+/m0/s1. The molecule has 48 heavy (non-hydrogen) atoms. The Labute approximate surface area is 286 Å². The van der Waals surface area contributed by atoms with Crippen molar-refractivity contribution in [3.05, 3.63) is 71.3 Å². The molecule has 0 aromatic heterocycles. The Kier molecular flexibility index (Phi) is 6.29. The average molecular weight is 648 g/mol. The number of aliphatic hydroxyl groups excluding tert-OH is 1. The van der Waals surface area contributed by atoms with Gasteiger partial charge in [0.1, 0.15) is 6.61 Å². The van der Waals surface area contributed by atoms with Crippen molar-refractivity contribution < 1.29 is 19.4 Å². The topological polar surface area (TPSA) is 59.0 Å². The van der Waals surface area contributed by atoms with Crippen molar-refractivity contribution in [2.45, 2.75) is 115 Å². The second kappa shape index (κ2) is 10.00. The fourth-order valence-electron chi connectivity index (χ4n) is 14.2. The van der Waals surface area contributed by atoms with Crippen LogP contribution in [0.5, 0.6) is 0 Å². The number of hydrogen-bond donors (Lipinski definition) is 1. The molecule has 2 unspecified atom stereocenters. The summed E-state index contributed by atoms with van der Waals surface area (Å²) in [6.45, 7) is 11.0. The van der Waals surface area contributed by atoms with Crippen LogP contribution in [0.3, 0.4) is 0 Å². The fourth-order valence-corrected chi connectivity index (χ4v) is 14.2. The number of carbonyl (C=O) groups is 1. The lowest BCUT2D eigenvalue weighted by molar-refractivity contribution is -0.147. The Bertz CT molecular complexity index is 1670. The smallest absolute Gasteiger partial charge is 0.410 e. The lowest BCUT2D eigenvalue weighted by Crippen LogP contribution is -2.56. The molecule has 6 aliphatic carbocycles. The maximum absolute atomic E-state index is 14.2. The van der Waals surface area contributed by atoms with E-state index < -0.39 is 0 Å². The zero-order valence-corrected chi connectivity index (χ0v) is 29.3. The number of carbonyl (C=O) groups excluding carboxylic acids is 1. The highest BCUT2D eigenvalue weighted by Crippen LogP contribution is 2.87. The van der Waals surface area contributed by atoms with Gasteiger partial charge in [0.15, 0.2) is 0 Å². The minimum absolute atomic E-state index is 0.0668. The van der Waals surface area contributed by atoms with Crippen LogP contribution in [0.15, 0.2) is 60.2 Å². The molecule has 8 aliphatic rings. The monoisotopic (exact) mass is 647 g/mol. The number of allylic oxidation sites excluding steroid dienone is 1. The first-order valence-electron chi connectivity index (χ1n) is 19.3. The number of hydrogen-bond acceptors (Lipinski definition) is 4. The number of benzene rings is 2. The summed E-state index contributed by atoms with van der Waals surface area (Å²) < 4.78 is 13.8. The van der Waals surface area contributed by atoms with E-state index in [9.17, 15) is 9.90 Å². The largest absolute Gasteiger partial charge is 0.448 e. The minimum atomic E-state index is -0.182. The molecule has 2 spiro atoms. The van der Waals surface area contributed by atoms with Gasteiger partial charge < -0.3 is 19.5 Å². The van der Waals surface area contributed by atoms with Gasteiger partial charge in [0.25, 0.3) is 0 Å². The van der Waals surface area contributed by atoms with Gasteiger partial charge >= 0.3 is 6.09 Å². The Balaban J connectivity index is 0.910. The van der Waals surface area contributed by atoms with Crippen LogP contribution in [0.2, 0.25) is 0 Å². The lowest BCUT2D eigenvalue weighted by Gasteiger charge is -2.50. The van der Waals surface area contributed by atoms with E-state index in [1.165, 1.54) is 47.9 Å². The van der Waals surface area contributed by atoms with Crippen molar-refractivity contribution in [1.82, 2.24) is 4.90 Å². The Morgan fingerprint density at radius 2 is 1.73 bits per heavy atom. The molecule has 2 saturated heterocycles. The molecule has 5 heteroatoms. The van der Waals surface area contributed by atoms with Crippen molar-refractivity contribution in [3.8, 4) is 11.1 Å². The molecule has 1 amide bonds. The summed E-state index contributed by atoms with van der Waals surface area (Å²) in [4.78, 5) is 16.3. The highest BCUT2D eigenvalue weighted by Gasteiger charge is 2.84. The van der Waals surface area contributed by atoms with E-state index in [4.69, 9.17) is 9.47 Å². The van der Waals surface area contributed by atoms with Gasteiger partial charge in [0, 0.05) is 23.8 Å². The first-order chi connectivity index (χ1) is 23.1. The second-order valence-electron chi connectivity index (χ2n) is 18.2. The normalized spacial score (nSPS) is 46.4. The molecule has 1 N–H and O–H groups in total. The van der Waals surface area contributed by atoms with Gasteiger partial charge in [-0.1, -0.05) is 87.9 Å². The third-order valence-electron chi connectivity index (χ3n) is 16.4. The number of nitrogens with zero attached hydrogens (tertiary/aromatic N) is 1. The van der Waals surface area contributed by atoms with Crippen LogP contribution < -0.4 is 0 Å². The van der Waals surface area contributed by atoms with E-state index in [1.54, 1.807) is 5.57 Å². The maximum Gasteiger partial charge on any atom is 0.410 e. The SMILES string of the molecule is C[C@H]1C[C@H]2O[C@]3(CC[C@H]4[C@@H]5CC=C6C[C@@H](O)CC[C@]6(C)[C@H]5CC45CC53C)[C@H](C)[C@H]2N(C(=O)OCC2c3ccccc3-c3ccccc32)C1. The summed E-state index contributed by atoms with van der Waals surface area (Å²) >= 11 is 0. The van der Waals surface area contributed by atoms with Crippen molar-refractivity contribution in [2.24, 2.45) is 45.8 Å². The zero-order chi connectivity index (χ0) is 32.8. The van der Waals surface area contributed by atoms with E-state index in [1.807, 2.05) is 0 Å². The van der Waals surface area contributed by atoms with E-state index in [-0.39, 0.29) is 52.6 Å². The number of amides is 1. The fraction of sp³-hybridized carbons (Fsp3) is 0.651. The van der Waals surface area contributed by atoms with Crippen molar-refractivity contribution in [3.63, 3.8) is 0 Å². The van der Waals surface area contributed by atoms with Crippen LogP contribution in [0.4, 0.5) is 4.79 Å². The van der Waals surface area contributed by atoms with Gasteiger partial charge in [0.2, 0.25) is 0 Å². The molecule has 4 saturated carbocycles. The predicted octanol–water partition coefficient (Wildman–Crippen LogP) is 8.74. The van der Waals surface area contributed by atoms with Crippen LogP contribution in [-0.2, 0) is 9.47 Å². The molecule has 6 fully saturated rings. The number of rotatable bonds is 2. The van der Waals surface area contributed by atoms with E-state index in [0.29, 0.717) is 17.9 Å². The van der Waals surface area contributed by atoms with Crippen LogP contribution >= 0.6 is 0 Å². The number of ether oxygens (including phenoxy) is 2. The summed E-state index contributed by atoms with van der Waals surface area (Å²) in [6.07, 6.45) is 12.5. The first kappa shape index (κ1) is 30.2.